The summed E-state index contributed by atoms with van der Waals surface area (Å²) in [6.07, 6.45) is 2.30. The van der Waals surface area contributed by atoms with E-state index in [0.717, 1.165) is 30.3 Å². The van der Waals surface area contributed by atoms with E-state index in [1.165, 1.54) is 11.3 Å². The SMILES string of the molecule is CNc1nc(C)c(C(=O)NCC2CCCO2)s1. The van der Waals surface area contributed by atoms with Crippen molar-refractivity contribution in [2.75, 3.05) is 25.5 Å². The highest BCUT2D eigenvalue weighted by Crippen LogP contribution is 2.21. The summed E-state index contributed by atoms with van der Waals surface area (Å²) in [5, 5.41) is 6.61. The van der Waals surface area contributed by atoms with Gasteiger partial charge in [-0.3, -0.25) is 4.79 Å². The average molecular weight is 255 g/mol. The van der Waals surface area contributed by atoms with Crippen LogP contribution in [0.4, 0.5) is 5.13 Å². The molecule has 1 unspecified atom stereocenters. The first-order valence-electron chi connectivity index (χ1n) is 5.75. The molecule has 1 aliphatic heterocycles. The maximum atomic E-state index is 11.9. The second-order valence-electron chi connectivity index (χ2n) is 4.03. The topological polar surface area (TPSA) is 63.2 Å². The Morgan fingerprint density at radius 2 is 2.47 bits per heavy atom. The minimum absolute atomic E-state index is 0.0583. The molecule has 1 amide bonds. The fourth-order valence-corrected chi connectivity index (χ4v) is 2.64. The number of thiazole rings is 1. The Labute approximate surface area is 105 Å². The van der Waals surface area contributed by atoms with E-state index >= 15 is 0 Å². The van der Waals surface area contributed by atoms with Crippen LogP contribution in [0, 0.1) is 6.92 Å². The number of ether oxygens (including phenoxy) is 1. The van der Waals surface area contributed by atoms with Crippen LogP contribution in [-0.4, -0.2) is 37.2 Å². The quantitative estimate of drug-likeness (QED) is 0.853. The highest BCUT2D eigenvalue weighted by molar-refractivity contribution is 7.17. The first-order valence-corrected chi connectivity index (χ1v) is 6.57. The van der Waals surface area contributed by atoms with Crippen LogP contribution < -0.4 is 10.6 Å². The van der Waals surface area contributed by atoms with Gasteiger partial charge >= 0.3 is 0 Å². The van der Waals surface area contributed by atoms with Crippen molar-refractivity contribution in [3.63, 3.8) is 0 Å². The molecule has 0 saturated carbocycles. The smallest absolute Gasteiger partial charge is 0.263 e. The van der Waals surface area contributed by atoms with Crippen molar-refractivity contribution in [1.29, 1.82) is 0 Å². The lowest BCUT2D eigenvalue weighted by Crippen LogP contribution is -2.31. The number of rotatable bonds is 4. The number of nitrogens with one attached hydrogen (secondary N) is 2. The molecule has 0 aromatic carbocycles. The number of hydrogen-bond donors (Lipinski definition) is 2. The Morgan fingerprint density at radius 3 is 3.06 bits per heavy atom. The van der Waals surface area contributed by atoms with Gasteiger partial charge in [-0.25, -0.2) is 4.98 Å². The van der Waals surface area contributed by atoms with Crippen LogP contribution in [0.2, 0.25) is 0 Å². The second kappa shape index (κ2) is 5.46. The monoisotopic (exact) mass is 255 g/mol. The third-order valence-corrected chi connectivity index (χ3v) is 3.90. The van der Waals surface area contributed by atoms with Crippen molar-refractivity contribution in [3.05, 3.63) is 10.6 Å². The molecule has 0 aliphatic carbocycles. The first-order chi connectivity index (χ1) is 8.20. The van der Waals surface area contributed by atoms with Gasteiger partial charge in [0.2, 0.25) is 0 Å². The lowest BCUT2D eigenvalue weighted by Gasteiger charge is -2.09. The zero-order valence-electron chi connectivity index (χ0n) is 10.1. The summed E-state index contributed by atoms with van der Waals surface area (Å²) in [5.41, 5.74) is 0.768. The highest BCUT2D eigenvalue weighted by Gasteiger charge is 2.19. The molecule has 1 fully saturated rings. The number of aromatic nitrogens is 1. The summed E-state index contributed by atoms with van der Waals surface area (Å²) in [6, 6.07) is 0. The molecule has 2 N–H and O–H groups in total. The van der Waals surface area contributed by atoms with Gasteiger partial charge in [0, 0.05) is 20.2 Å². The summed E-state index contributed by atoms with van der Waals surface area (Å²) in [7, 11) is 1.80. The molecule has 0 bridgehead atoms. The van der Waals surface area contributed by atoms with Crippen molar-refractivity contribution < 1.29 is 9.53 Å². The Morgan fingerprint density at radius 1 is 1.65 bits per heavy atom. The fourth-order valence-electron chi connectivity index (χ4n) is 1.81. The third kappa shape index (κ3) is 2.95. The molecule has 0 spiro atoms. The molecular formula is C11H17N3O2S. The van der Waals surface area contributed by atoms with E-state index in [4.69, 9.17) is 4.74 Å². The standard InChI is InChI=1S/C11H17N3O2S/c1-7-9(17-11(12-2)14-7)10(15)13-6-8-4-3-5-16-8/h8H,3-6H2,1-2H3,(H,12,14)(H,13,15). The van der Waals surface area contributed by atoms with Crippen LogP contribution in [0.15, 0.2) is 0 Å². The fraction of sp³-hybridized carbons (Fsp3) is 0.636. The molecule has 94 valence electrons. The average Bonchev–Trinajstić information content (AvgIpc) is 2.94. The molecular weight excluding hydrogens is 238 g/mol. The van der Waals surface area contributed by atoms with Crippen LogP contribution >= 0.6 is 11.3 Å². The van der Waals surface area contributed by atoms with E-state index in [9.17, 15) is 4.79 Å². The molecule has 2 rings (SSSR count). The van der Waals surface area contributed by atoms with Crippen LogP contribution in [0.3, 0.4) is 0 Å². The number of amides is 1. The number of anilines is 1. The van der Waals surface area contributed by atoms with Crippen LogP contribution in [0.1, 0.15) is 28.2 Å². The van der Waals surface area contributed by atoms with E-state index in [0.29, 0.717) is 11.4 Å². The summed E-state index contributed by atoms with van der Waals surface area (Å²) in [5.74, 6) is -0.0583. The maximum absolute atomic E-state index is 11.9. The van der Waals surface area contributed by atoms with Crippen LogP contribution in [0.25, 0.3) is 0 Å². The molecule has 1 aromatic rings. The van der Waals surface area contributed by atoms with Crippen molar-refractivity contribution in [2.24, 2.45) is 0 Å². The third-order valence-electron chi connectivity index (χ3n) is 2.73. The summed E-state index contributed by atoms with van der Waals surface area (Å²) in [4.78, 5) is 16.8. The second-order valence-corrected chi connectivity index (χ2v) is 5.03. The van der Waals surface area contributed by atoms with Crippen molar-refractivity contribution in [1.82, 2.24) is 10.3 Å². The van der Waals surface area contributed by atoms with Crippen molar-refractivity contribution in [3.8, 4) is 0 Å². The normalized spacial score (nSPS) is 19.3. The van der Waals surface area contributed by atoms with Gasteiger partial charge in [0.25, 0.3) is 5.91 Å². The number of nitrogens with zero attached hydrogens (tertiary/aromatic N) is 1. The van der Waals surface area contributed by atoms with Crippen LogP contribution in [0.5, 0.6) is 0 Å². The zero-order chi connectivity index (χ0) is 12.3. The number of aryl methyl sites for hydroxylation is 1. The lowest BCUT2D eigenvalue weighted by atomic mass is 10.2. The van der Waals surface area contributed by atoms with Gasteiger partial charge in [-0.1, -0.05) is 11.3 Å². The predicted octanol–water partition coefficient (Wildman–Crippen LogP) is 1.40. The molecule has 6 heteroatoms. The van der Waals surface area contributed by atoms with E-state index in [-0.39, 0.29) is 12.0 Å². The first kappa shape index (κ1) is 12.3. The molecule has 2 heterocycles. The molecule has 1 aliphatic rings. The Hall–Kier alpha value is -1.14. The Bertz CT molecular complexity index is 399. The maximum Gasteiger partial charge on any atom is 0.263 e. The Balaban J connectivity index is 1.91. The Kier molecular flexibility index (Phi) is 3.96. The minimum Gasteiger partial charge on any atom is -0.376 e. The molecule has 0 radical (unpaired) electrons. The van der Waals surface area contributed by atoms with Gasteiger partial charge < -0.3 is 15.4 Å². The largest absolute Gasteiger partial charge is 0.376 e. The molecule has 1 aromatic heterocycles. The van der Waals surface area contributed by atoms with E-state index in [1.54, 1.807) is 7.05 Å². The predicted molar refractivity (Wildman–Crippen MR) is 67.7 cm³/mol. The van der Waals surface area contributed by atoms with Crippen LogP contribution in [-0.2, 0) is 4.74 Å². The van der Waals surface area contributed by atoms with Gasteiger partial charge in [0.1, 0.15) is 4.88 Å². The van der Waals surface area contributed by atoms with Gasteiger partial charge in [0.05, 0.1) is 11.8 Å². The number of carbonyl (C=O) groups is 1. The number of carbonyl (C=O) groups excluding carboxylic acids is 1. The van der Waals surface area contributed by atoms with E-state index in [2.05, 4.69) is 15.6 Å². The van der Waals surface area contributed by atoms with Gasteiger partial charge in [0.15, 0.2) is 5.13 Å². The summed E-state index contributed by atoms with van der Waals surface area (Å²) < 4.78 is 5.46. The van der Waals surface area contributed by atoms with Gasteiger partial charge in [-0.2, -0.15) is 0 Å². The molecule has 1 saturated heterocycles. The zero-order valence-corrected chi connectivity index (χ0v) is 10.9. The van der Waals surface area contributed by atoms with E-state index < -0.39 is 0 Å². The van der Waals surface area contributed by atoms with Gasteiger partial charge in [-0.15, -0.1) is 0 Å². The van der Waals surface area contributed by atoms with Gasteiger partial charge in [-0.05, 0) is 19.8 Å². The molecule has 17 heavy (non-hydrogen) atoms. The van der Waals surface area contributed by atoms with Crippen molar-refractivity contribution in [2.45, 2.75) is 25.9 Å². The summed E-state index contributed by atoms with van der Waals surface area (Å²) >= 11 is 1.38. The highest BCUT2D eigenvalue weighted by atomic mass is 32.1. The lowest BCUT2D eigenvalue weighted by molar-refractivity contribution is 0.0860. The van der Waals surface area contributed by atoms with Crippen molar-refractivity contribution >= 4 is 22.4 Å². The molecule has 1 atom stereocenters. The number of hydrogen-bond acceptors (Lipinski definition) is 5. The minimum atomic E-state index is -0.0583. The van der Waals surface area contributed by atoms with E-state index in [1.807, 2.05) is 6.92 Å². The summed E-state index contributed by atoms with van der Waals surface area (Å²) in [6.45, 7) is 3.24. The molecule has 5 nitrogen and oxygen atoms in total.